The summed E-state index contributed by atoms with van der Waals surface area (Å²) < 4.78 is 24.3. The first-order chi connectivity index (χ1) is 8.95. The van der Waals surface area contributed by atoms with Crippen LogP contribution in [0.3, 0.4) is 0 Å². The van der Waals surface area contributed by atoms with Crippen molar-refractivity contribution in [2.45, 2.75) is 31.2 Å². The maximum Gasteiger partial charge on any atom is 0.180 e. The molecule has 0 amide bonds. The van der Waals surface area contributed by atoms with Gasteiger partial charge in [0.1, 0.15) is 0 Å². The van der Waals surface area contributed by atoms with Gasteiger partial charge in [0.05, 0.1) is 16.3 Å². The monoisotopic (exact) mass is 282 g/mol. The van der Waals surface area contributed by atoms with E-state index in [1.807, 2.05) is 12.1 Å². The third-order valence-electron chi connectivity index (χ3n) is 3.94. The van der Waals surface area contributed by atoms with E-state index in [-0.39, 0.29) is 11.8 Å². The summed E-state index contributed by atoms with van der Waals surface area (Å²) in [7, 11) is -3.19. The molecule has 2 rings (SSSR count). The van der Waals surface area contributed by atoms with Crippen LogP contribution < -0.4 is 10.6 Å². The fourth-order valence-corrected chi connectivity index (χ4v) is 3.57. The molecule has 106 valence electrons. The first-order valence-electron chi connectivity index (χ1n) is 6.78. The van der Waals surface area contributed by atoms with E-state index < -0.39 is 9.84 Å². The predicted molar refractivity (Wildman–Crippen MR) is 78.1 cm³/mol. The Morgan fingerprint density at radius 3 is 2.68 bits per heavy atom. The van der Waals surface area contributed by atoms with Gasteiger partial charge in [-0.25, -0.2) is 8.42 Å². The van der Waals surface area contributed by atoms with Gasteiger partial charge in [-0.15, -0.1) is 0 Å². The minimum absolute atomic E-state index is 0.103. The number of rotatable bonds is 3. The van der Waals surface area contributed by atoms with Crippen LogP contribution in [0.25, 0.3) is 0 Å². The van der Waals surface area contributed by atoms with Crippen LogP contribution in [0.15, 0.2) is 29.2 Å². The molecule has 1 heterocycles. The standard InChI is InChI=1S/C14H22N2O2S/c1-3-19(17,18)14-7-5-4-6-13(14)16-9-8-11(2)12(15)10-16/h4-7,11-12H,3,8-10,15H2,1-2H3. The van der Waals surface area contributed by atoms with E-state index in [0.29, 0.717) is 10.8 Å². The molecule has 1 aliphatic rings. The van der Waals surface area contributed by atoms with Gasteiger partial charge >= 0.3 is 0 Å². The van der Waals surface area contributed by atoms with Crippen LogP contribution in [0.2, 0.25) is 0 Å². The zero-order chi connectivity index (χ0) is 14.0. The van der Waals surface area contributed by atoms with E-state index in [0.717, 1.165) is 25.2 Å². The van der Waals surface area contributed by atoms with E-state index in [9.17, 15) is 8.42 Å². The van der Waals surface area contributed by atoms with Crippen molar-refractivity contribution in [1.29, 1.82) is 0 Å². The summed E-state index contributed by atoms with van der Waals surface area (Å²) in [6.07, 6.45) is 1.00. The molecule has 0 aliphatic carbocycles. The maximum atomic E-state index is 12.2. The summed E-state index contributed by atoms with van der Waals surface area (Å²) in [5.74, 6) is 0.617. The smallest absolute Gasteiger partial charge is 0.180 e. The Kier molecular flexibility index (Phi) is 4.16. The number of para-hydroxylation sites is 1. The number of hydrogen-bond donors (Lipinski definition) is 1. The summed E-state index contributed by atoms with van der Waals surface area (Å²) in [5, 5.41) is 0. The van der Waals surface area contributed by atoms with Crippen molar-refractivity contribution < 1.29 is 8.42 Å². The third kappa shape index (κ3) is 2.92. The van der Waals surface area contributed by atoms with Crippen LogP contribution in [0.5, 0.6) is 0 Å². The highest BCUT2D eigenvalue weighted by Gasteiger charge is 2.26. The second kappa shape index (κ2) is 5.51. The van der Waals surface area contributed by atoms with E-state index in [2.05, 4.69) is 11.8 Å². The Morgan fingerprint density at radius 2 is 2.05 bits per heavy atom. The highest BCUT2D eigenvalue weighted by atomic mass is 32.2. The Labute approximate surface area is 115 Å². The zero-order valence-electron chi connectivity index (χ0n) is 11.5. The van der Waals surface area contributed by atoms with Crippen molar-refractivity contribution in [1.82, 2.24) is 0 Å². The normalized spacial score (nSPS) is 24.5. The molecule has 1 aromatic rings. The highest BCUT2D eigenvalue weighted by molar-refractivity contribution is 7.91. The molecule has 1 fully saturated rings. The molecule has 1 saturated heterocycles. The summed E-state index contributed by atoms with van der Waals surface area (Å²) in [6.45, 7) is 5.41. The lowest BCUT2D eigenvalue weighted by atomic mass is 9.94. The van der Waals surface area contributed by atoms with Crippen LogP contribution >= 0.6 is 0 Å². The fourth-order valence-electron chi connectivity index (χ4n) is 2.45. The SMILES string of the molecule is CCS(=O)(=O)c1ccccc1N1CCC(C)C(N)C1. The molecule has 0 radical (unpaired) electrons. The summed E-state index contributed by atoms with van der Waals surface area (Å²) in [4.78, 5) is 2.53. The Bertz CT molecular complexity index is 542. The molecular weight excluding hydrogens is 260 g/mol. The molecule has 0 aromatic heterocycles. The largest absolute Gasteiger partial charge is 0.369 e. The minimum Gasteiger partial charge on any atom is -0.369 e. The number of benzene rings is 1. The summed E-state index contributed by atoms with van der Waals surface area (Å²) >= 11 is 0. The quantitative estimate of drug-likeness (QED) is 0.915. The lowest BCUT2D eigenvalue weighted by Gasteiger charge is -2.37. The lowest BCUT2D eigenvalue weighted by Crippen LogP contribution is -2.48. The predicted octanol–water partition coefficient (Wildman–Crippen LogP) is 1.65. The molecule has 4 nitrogen and oxygen atoms in total. The van der Waals surface area contributed by atoms with Gasteiger partial charge in [0, 0.05) is 19.1 Å². The minimum atomic E-state index is -3.19. The van der Waals surface area contributed by atoms with Gasteiger partial charge in [0.25, 0.3) is 0 Å². The molecular formula is C14H22N2O2S. The molecule has 1 aliphatic heterocycles. The van der Waals surface area contributed by atoms with Crippen molar-refractivity contribution in [3.8, 4) is 0 Å². The molecule has 0 saturated carbocycles. The second-order valence-corrected chi connectivity index (χ2v) is 7.49. The molecule has 5 heteroatoms. The molecule has 19 heavy (non-hydrogen) atoms. The number of nitrogens with zero attached hydrogens (tertiary/aromatic N) is 1. The van der Waals surface area contributed by atoms with Gasteiger partial charge in [0.15, 0.2) is 9.84 Å². The van der Waals surface area contributed by atoms with E-state index in [4.69, 9.17) is 5.73 Å². The van der Waals surface area contributed by atoms with Gasteiger partial charge < -0.3 is 10.6 Å². The second-order valence-electron chi connectivity index (χ2n) is 5.25. The van der Waals surface area contributed by atoms with E-state index >= 15 is 0 Å². The maximum absolute atomic E-state index is 12.2. The van der Waals surface area contributed by atoms with Gasteiger partial charge in [-0.3, -0.25) is 0 Å². The number of nitrogens with two attached hydrogens (primary N) is 1. The van der Waals surface area contributed by atoms with Gasteiger partial charge in [-0.2, -0.15) is 0 Å². The topological polar surface area (TPSA) is 63.4 Å². The van der Waals surface area contributed by atoms with Gasteiger partial charge in [-0.05, 0) is 24.5 Å². The van der Waals surface area contributed by atoms with Gasteiger partial charge in [-0.1, -0.05) is 26.0 Å². The third-order valence-corrected chi connectivity index (χ3v) is 5.71. The molecule has 0 spiro atoms. The van der Waals surface area contributed by atoms with E-state index in [1.54, 1.807) is 19.1 Å². The lowest BCUT2D eigenvalue weighted by molar-refractivity contribution is 0.378. The molecule has 0 bridgehead atoms. The first-order valence-corrected chi connectivity index (χ1v) is 8.43. The van der Waals surface area contributed by atoms with Crippen molar-refractivity contribution >= 4 is 15.5 Å². The Morgan fingerprint density at radius 1 is 1.37 bits per heavy atom. The average Bonchev–Trinajstić information content (AvgIpc) is 2.42. The highest BCUT2D eigenvalue weighted by Crippen LogP contribution is 2.29. The summed E-state index contributed by atoms with van der Waals surface area (Å²) in [6, 6.07) is 7.33. The number of anilines is 1. The average molecular weight is 282 g/mol. The van der Waals surface area contributed by atoms with Crippen LogP contribution in [0, 0.1) is 5.92 Å². The Hall–Kier alpha value is -1.07. The zero-order valence-corrected chi connectivity index (χ0v) is 12.4. The molecule has 1 aromatic carbocycles. The number of sulfone groups is 1. The molecule has 2 atom stereocenters. The first kappa shape index (κ1) is 14.3. The van der Waals surface area contributed by atoms with Crippen molar-refractivity contribution in [2.24, 2.45) is 11.7 Å². The number of piperidine rings is 1. The van der Waals surface area contributed by atoms with Gasteiger partial charge in [0.2, 0.25) is 0 Å². The van der Waals surface area contributed by atoms with Crippen molar-refractivity contribution in [3.63, 3.8) is 0 Å². The fraction of sp³-hybridized carbons (Fsp3) is 0.571. The van der Waals surface area contributed by atoms with Crippen LogP contribution in [-0.4, -0.2) is 33.3 Å². The van der Waals surface area contributed by atoms with Crippen molar-refractivity contribution in [2.75, 3.05) is 23.7 Å². The summed E-state index contributed by atoms with van der Waals surface area (Å²) in [5.41, 5.74) is 6.90. The number of hydrogen-bond acceptors (Lipinski definition) is 4. The van der Waals surface area contributed by atoms with Crippen LogP contribution in [-0.2, 0) is 9.84 Å². The van der Waals surface area contributed by atoms with Crippen LogP contribution in [0.1, 0.15) is 20.3 Å². The molecule has 2 N–H and O–H groups in total. The van der Waals surface area contributed by atoms with E-state index in [1.165, 1.54) is 0 Å². The Balaban J connectivity index is 2.36. The van der Waals surface area contributed by atoms with Crippen molar-refractivity contribution in [3.05, 3.63) is 24.3 Å². The molecule has 2 unspecified atom stereocenters. The van der Waals surface area contributed by atoms with Crippen LogP contribution in [0.4, 0.5) is 5.69 Å².